The van der Waals surface area contributed by atoms with E-state index in [4.69, 9.17) is 22.7 Å². The molecule has 2 aromatic carbocycles. The molecule has 0 bridgehead atoms. The topological polar surface area (TPSA) is 89.3 Å². The van der Waals surface area contributed by atoms with E-state index in [1.54, 1.807) is 18.2 Å². The Bertz CT molecular complexity index is 914. The predicted octanol–water partition coefficient (Wildman–Crippen LogP) is 3.58. The highest BCUT2D eigenvalue weighted by atomic mass is 32.1. The minimum absolute atomic E-state index is 0.170. The van der Waals surface area contributed by atoms with Crippen LogP contribution in [0.1, 0.15) is 10.4 Å². The number of hydrogen-bond donors (Lipinski definition) is 3. The fourth-order valence-corrected chi connectivity index (χ4v) is 2.35. The third-order valence-corrected chi connectivity index (χ3v) is 3.55. The third-order valence-electron chi connectivity index (χ3n) is 3.35. The van der Waals surface area contributed by atoms with Gasteiger partial charge in [0.25, 0.3) is 5.91 Å². The van der Waals surface area contributed by atoms with Crippen LogP contribution in [-0.2, 0) is 0 Å². The van der Waals surface area contributed by atoms with Crippen LogP contribution in [0.15, 0.2) is 72.9 Å². The monoisotopic (exact) mass is 364 g/mol. The molecule has 0 aliphatic rings. The largest absolute Gasteiger partial charge is 0.457 e. The molecular weight excluding hydrogens is 348 g/mol. The van der Waals surface area contributed by atoms with E-state index in [1.807, 2.05) is 48.5 Å². The number of carbonyl (C=O) groups is 1. The molecule has 0 unspecified atom stereocenters. The number of nitrogens with two attached hydrogens (primary N) is 1. The van der Waals surface area contributed by atoms with Gasteiger partial charge in [-0.3, -0.25) is 10.1 Å². The Labute approximate surface area is 156 Å². The van der Waals surface area contributed by atoms with Crippen molar-refractivity contribution < 1.29 is 9.53 Å². The Hall–Kier alpha value is -3.45. The van der Waals surface area contributed by atoms with Gasteiger partial charge in [0, 0.05) is 18.0 Å². The standard InChI is InChI=1S/C19H16N4O2S/c20-17-10-9-13(12-21-17)18(24)23-19(26)22-14-5-4-8-16(11-14)25-15-6-2-1-3-7-15/h1-12H,(H2,20,21)(H2,22,23,24,26). The molecule has 0 saturated heterocycles. The van der Waals surface area contributed by atoms with Gasteiger partial charge in [0.1, 0.15) is 17.3 Å². The highest BCUT2D eigenvalue weighted by Crippen LogP contribution is 2.23. The summed E-state index contributed by atoms with van der Waals surface area (Å²) in [5.41, 5.74) is 6.57. The summed E-state index contributed by atoms with van der Waals surface area (Å²) in [6, 6.07) is 19.8. The summed E-state index contributed by atoms with van der Waals surface area (Å²) in [6.45, 7) is 0. The van der Waals surface area contributed by atoms with Crippen molar-refractivity contribution >= 4 is 34.7 Å². The molecule has 4 N–H and O–H groups in total. The van der Waals surface area contributed by atoms with Gasteiger partial charge < -0.3 is 15.8 Å². The molecular formula is C19H16N4O2S. The van der Waals surface area contributed by atoms with E-state index in [0.717, 1.165) is 5.75 Å². The van der Waals surface area contributed by atoms with Crippen molar-refractivity contribution in [3.05, 3.63) is 78.5 Å². The summed E-state index contributed by atoms with van der Waals surface area (Å²) in [6.07, 6.45) is 1.39. The number of hydrogen-bond acceptors (Lipinski definition) is 5. The molecule has 0 aliphatic heterocycles. The number of ether oxygens (including phenoxy) is 1. The van der Waals surface area contributed by atoms with Gasteiger partial charge in [-0.05, 0) is 48.6 Å². The van der Waals surface area contributed by atoms with Crippen LogP contribution in [0.2, 0.25) is 0 Å². The molecule has 0 radical (unpaired) electrons. The second-order valence-electron chi connectivity index (χ2n) is 5.32. The number of amides is 1. The molecule has 26 heavy (non-hydrogen) atoms. The summed E-state index contributed by atoms with van der Waals surface area (Å²) in [4.78, 5) is 16.0. The minimum atomic E-state index is -0.369. The smallest absolute Gasteiger partial charge is 0.258 e. The molecule has 0 spiro atoms. The number of thiocarbonyl (C=S) groups is 1. The van der Waals surface area contributed by atoms with Crippen molar-refractivity contribution in [1.29, 1.82) is 0 Å². The fourth-order valence-electron chi connectivity index (χ4n) is 2.14. The fraction of sp³-hybridized carbons (Fsp3) is 0. The number of carbonyl (C=O) groups excluding carboxylic acids is 1. The zero-order valence-electron chi connectivity index (χ0n) is 13.7. The summed E-state index contributed by atoms with van der Waals surface area (Å²) < 4.78 is 5.77. The van der Waals surface area contributed by atoms with E-state index in [2.05, 4.69) is 15.6 Å². The van der Waals surface area contributed by atoms with E-state index < -0.39 is 0 Å². The number of para-hydroxylation sites is 1. The van der Waals surface area contributed by atoms with Crippen LogP contribution in [0.4, 0.5) is 11.5 Å². The lowest BCUT2D eigenvalue weighted by Crippen LogP contribution is -2.34. The second-order valence-corrected chi connectivity index (χ2v) is 5.73. The number of benzene rings is 2. The van der Waals surface area contributed by atoms with Crippen molar-refractivity contribution in [2.24, 2.45) is 0 Å². The molecule has 0 saturated carbocycles. The van der Waals surface area contributed by atoms with Crippen LogP contribution in [-0.4, -0.2) is 16.0 Å². The average Bonchev–Trinajstić information content (AvgIpc) is 2.63. The first-order valence-electron chi connectivity index (χ1n) is 7.77. The zero-order valence-corrected chi connectivity index (χ0v) is 14.5. The summed E-state index contributed by atoms with van der Waals surface area (Å²) in [7, 11) is 0. The molecule has 0 aliphatic carbocycles. The van der Waals surface area contributed by atoms with Crippen LogP contribution in [0.25, 0.3) is 0 Å². The van der Waals surface area contributed by atoms with E-state index >= 15 is 0 Å². The van der Waals surface area contributed by atoms with Gasteiger partial charge in [-0.25, -0.2) is 4.98 Å². The van der Waals surface area contributed by atoms with Gasteiger partial charge in [0.2, 0.25) is 0 Å². The molecule has 7 heteroatoms. The SMILES string of the molecule is Nc1ccc(C(=O)NC(=S)Nc2cccc(Oc3ccccc3)c2)cn1. The van der Waals surface area contributed by atoms with Crippen molar-refractivity contribution in [3.8, 4) is 11.5 Å². The van der Waals surface area contributed by atoms with Gasteiger partial charge in [-0.15, -0.1) is 0 Å². The molecule has 1 amide bonds. The first-order valence-corrected chi connectivity index (χ1v) is 8.18. The van der Waals surface area contributed by atoms with Crippen molar-refractivity contribution in [1.82, 2.24) is 10.3 Å². The number of rotatable bonds is 4. The Morgan fingerprint density at radius 1 is 1.00 bits per heavy atom. The maximum atomic E-state index is 12.1. The molecule has 130 valence electrons. The second kappa shape index (κ2) is 8.09. The molecule has 0 atom stereocenters. The van der Waals surface area contributed by atoms with Crippen LogP contribution < -0.4 is 21.1 Å². The molecule has 1 heterocycles. The van der Waals surface area contributed by atoms with E-state index in [0.29, 0.717) is 22.8 Å². The van der Waals surface area contributed by atoms with Crippen molar-refractivity contribution in [2.75, 3.05) is 11.1 Å². The Morgan fingerprint density at radius 2 is 1.77 bits per heavy atom. The average molecular weight is 364 g/mol. The molecule has 1 aromatic heterocycles. The number of nitrogen functional groups attached to an aromatic ring is 1. The Morgan fingerprint density at radius 3 is 2.50 bits per heavy atom. The van der Waals surface area contributed by atoms with Crippen LogP contribution >= 0.6 is 12.2 Å². The highest BCUT2D eigenvalue weighted by Gasteiger charge is 2.08. The summed E-state index contributed by atoms with van der Waals surface area (Å²) in [5, 5.41) is 5.72. The lowest BCUT2D eigenvalue weighted by atomic mass is 10.2. The number of nitrogens with zero attached hydrogens (tertiary/aromatic N) is 1. The number of nitrogens with one attached hydrogen (secondary N) is 2. The van der Waals surface area contributed by atoms with Gasteiger partial charge in [-0.1, -0.05) is 24.3 Å². The minimum Gasteiger partial charge on any atom is -0.457 e. The normalized spacial score (nSPS) is 10.0. The maximum absolute atomic E-state index is 12.1. The van der Waals surface area contributed by atoms with Gasteiger partial charge >= 0.3 is 0 Å². The maximum Gasteiger partial charge on any atom is 0.258 e. The summed E-state index contributed by atoms with van der Waals surface area (Å²) >= 11 is 5.18. The van der Waals surface area contributed by atoms with Crippen LogP contribution in [0.5, 0.6) is 11.5 Å². The van der Waals surface area contributed by atoms with E-state index in [9.17, 15) is 4.79 Å². The number of pyridine rings is 1. The summed E-state index contributed by atoms with van der Waals surface area (Å²) in [5.74, 6) is 1.36. The van der Waals surface area contributed by atoms with Crippen LogP contribution in [0, 0.1) is 0 Å². The van der Waals surface area contributed by atoms with E-state index in [1.165, 1.54) is 6.20 Å². The quantitative estimate of drug-likeness (QED) is 0.613. The van der Waals surface area contributed by atoms with E-state index in [-0.39, 0.29) is 11.0 Å². The highest BCUT2D eigenvalue weighted by molar-refractivity contribution is 7.80. The third kappa shape index (κ3) is 4.78. The lowest BCUT2D eigenvalue weighted by Gasteiger charge is -2.11. The lowest BCUT2D eigenvalue weighted by molar-refractivity contribution is 0.0977. The van der Waals surface area contributed by atoms with Gasteiger partial charge in [0.05, 0.1) is 5.56 Å². The Balaban J connectivity index is 1.61. The van der Waals surface area contributed by atoms with Gasteiger partial charge in [0.15, 0.2) is 5.11 Å². The first kappa shape index (κ1) is 17.4. The van der Waals surface area contributed by atoms with Gasteiger partial charge in [-0.2, -0.15) is 0 Å². The number of anilines is 2. The molecule has 6 nitrogen and oxygen atoms in total. The first-order chi connectivity index (χ1) is 12.6. The predicted molar refractivity (Wildman–Crippen MR) is 105 cm³/mol. The zero-order chi connectivity index (χ0) is 18.4. The molecule has 3 aromatic rings. The number of aromatic nitrogens is 1. The van der Waals surface area contributed by atoms with Crippen molar-refractivity contribution in [2.45, 2.75) is 0 Å². The molecule has 3 rings (SSSR count). The Kier molecular flexibility index (Phi) is 5.40. The molecule has 0 fully saturated rings. The van der Waals surface area contributed by atoms with Crippen molar-refractivity contribution in [3.63, 3.8) is 0 Å². The van der Waals surface area contributed by atoms with Crippen LogP contribution in [0.3, 0.4) is 0 Å².